The summed E-state index contributed by atoms with van der Waals surface area (Å²) < 4.78 is 11.2. The van der Waals surface area contributed by atoms with Crippen molar-refractivity contribution in [2.45, 2.75) is 20.8 Å². The molecule has 0 aliphatic carbocycles. The first-order chi connectivity index (χ1) is 9.60. The van der Waals surface area contributed by atoms with Crippen LogP contribution in [0.2, 0.25) is 0 Å². The van der Waals surface area contributed by atoms with Crippen molar-refractivity contribution >= 4 is 11.1 Å². The van der Waals surface area contributed by atoms with E-state index < -0.39 is 0 Å². The lowest BCUT2D eigenvalue weighted by Crippen LogP contribution is -1.92. The first-order valence-electron chi connectivity index (χ1n) is 6.62. The van der Waals surface area contributed by atoms with Crippen molar-refractivity contribution in [1.82, 2.24) is 4.98 Å². The van der Waals surface area contributed by atoms with Gasteiger partial charge in [-0.1, -0.05) is 6.07 Å². The summed E-state index contributed by atoms with van der Waals surface area (Å²) in [6, 6.07) is 9.99. The molecule has 0 saturated heterocycles. The van der Waals surface area contributed by atoms with Crippen LogP contribution in [0, 0.1) is 20.8 Å². The quantitative estimate of drug-likeness (QED) is 0.689. The van der Waals surface area contributed by atoms with Crippen LogP contribution in [0.3, 0.4) is 0 Å². The Balaban J connectivity index is 2.18. The first kappa shape index (κ1) is 12.7. The lowest BCUT2D eigenvalue weighted by atomic mass is 10.0. The predicted octanol–water partition coefficient (Wildman–Crippen LogP) is 4.43. The van der Waals surface area contributed by atoms with Gasteiger partial charge in [0, 0.05) is 5.56 Å². The molecule has 20 heavy (non-hydrogen) atoms. The van der Waals surface area contributed by atoms with Gasteiger partial charge in [0.15, 0.2) is 5.58 Å². The molecular weight excluding hydrogens is 250 g/mol. The molecule has 1 aromatic heterocycles. The zero-order chi connectivity index (χ0) is 14.3. The lowest BCUT2D eigenvalue weighted by Gasteiger charge is -2.10. The zero-order valence-electron chi connectivity index (χ0n) is 12.2. The van der Waals surface area contributed by atoms with E-state index in [1.54, 1.807) is 7.11 Å². The van der Waals surface area contributed by atoms with Gasteiger partial charge in [0.2, 0.25) is 5.89 Å². The molecular formula is C17H17NO2. The number of aryl methyl sites for hydroxylation is 1. The van der Waals surface area contributed by atoms with Gasteiger partial charge in [-0.25, -0.2) is 4.98 Å². The minimum absolute atomic E-state index is 0.661. The summed E-state index contributed by atoms with van der Waals surface area (Å²) in [5, 5.41) is 0. The highest BCUT2D eigenvalue weighted by molar-refractivity contribution is 5.78. The summed E-state index contributed by atoms with van der Waals surface area (Å²) in [7, 11) is 1.68. The summed E-state index contributed by atoms with van der Waals surface area (Å²) in [5.41, 5.74) is 6.15. The van der Waals surface area contributed by atoms with Gasteiger partial charge >= 0.3 is 0 Å². The molecule has 0 N–H and O–H groups in total. The van der Waals surface area contributed by atoms with Crippen LogP contribution in [0.1, 0.15) is 16.7 Å². The zero-order valence-corrected chi connectivity index (χ0v) is 12.2. The van der Waals surface area contributed by atoms with E-state index in [0.717, 1.165) is 33.5 Å². The lowest BCUT2D eigenvalue weighted by molar-refractivity contribution is 0.411. The first-order valence-corrected chi connectivity index (χ1v) is 6.62. The van der Waals surface area contributed by atoms with E-state index in [-0.39, 0.29) is 0 Å². The Morgan fingerprint density at radius 2 is 1.80 bits per heavy atom. The molecule has 2 aromatic carbocycles. The van der Waals surface area contributed by atoms with Crippen LogP contribution in [-0.2, 0) is 0 Å². The topological polar surface area (TPSA) is 35.3 Å². The number of oxazole rings is 1. The second-order valence-corrected chi connectivity index (χ2v) is 5.06. The monoisotopic (exact) mass is 267 g/mol. The van der Waals surface area contributed by atoms with E-state index in [1.807, 2.05) is 37.3 Å². The summed E-state index contributed by atoms with van der Waals surface area (Å²) in [4.78, 5) is 4.59. The molecule has 0 fully saturated rings. The van der Waals surface area contributed by atoms with Crippen LogP contribution < -0.4 is 4.74 Å². The average Bonchev–Trinajstić information content (AvgIpc) is 2.84. The van der Waals surface area contributed by atoms with Gasteiger partial charge in [0.25, 0.3) is 0 Å². The fourth-order valence-corrected chi connectivity index (χ4v) is 2.40. The molecule has 3 aromatic rings. The fraction of sp³-hybridized carbons (Fsp3) is 0.235. The summed E-state index contributed by atoms with van der Waals surface area (Å²) in [6.07, 6.45) is 0. The van der Waals surface area contributed by atoms with Crippen LogP contribution in [0.25, 0.3) is 22.6 Å². The molecule has 0 saturated carbocycles. The average molecular weight is 267 g/mol. The Morgan fingerprint density at radius 3 is 2.55 bits per heavy atom. The molecule has 0 radical (unpaired) electrons. The Kier molecular flexibility index (Phi) is 2.97. The van der Waals surface area contributed by atoms with Crippen LogP contribution in [-0.4, -0.2) is 12.1 Å². The molecule has 1 heterocycles. The van der Waals surface area contributed by atoms with Crippen molar-refractivity contribution in [2.24, 2.45) is 0 Å². The standard InChI is InChI=1S/C17H17NO2/c1-10-5-7-16-14(9-10)18-17(20-16)13-6-8-15(19-4)12(3)11(13)2/h5-9H,1-4H3. The number of methoxy groups -OCH3 is 1. The maximum Gasteiger partial charge on any atom is 0.227 e. The number of fused-ring (bicyclic) bond motifs is 1. The Hall–Kier alpha value is -2.29. The summed E-state index contributed by atoms with van der Waals surface area (Å²) in [6.45, 7) is 6.16. The minimum Gasteiger partial charge on any atom is -0.496 e. The van der Waals surface area contributed by atoms with Crippen LogP contribution in [0.15, 0.2) is 34.7 Å². The van der Waals surface area contributed by atoms with E-state index in [4.69, 9.17) is 9.15 Å². The number of benzene rings is 2. The van der Waals surface area contributed by atoms with Crippen molar-refractivity contribution in [2.75, 3.05) is 7.11 Å². The Morgan fingerprint density at radius 1 is 1.00 bits per heavy atom. The fourth-order valence-electron chi connectivity index (χ4n) is 2.40. The molecule has 0 unspecified atom stereocenters. The van der Waals surface area contributed by atoms with Gasteiger partial charge in [-0.05, 0) is 61.7 Å². The molecule has 0 amide bonds. The summed E-state index contributed by atoms with van der Waals surface area (Å²) in [5.74, 6) is 1.55. The van der Waals surface area contributed by atoms with Gasteiger partial charge in [0.1, 0.15) is 11.3 Å². The highest BCUT2D eigenvalue weighted by Gasteiger charge is 2.14. The normalized spacial score (nSPS) is 11.0. The van der Waals surface area contributed by atoms with E-state index in [0.29, 0.717) is 5.89 Å². The minimum atomic E-state index is 0.661. The molecule has 0 spiro atoms. The van der Waals surface area contributed by atoms with E-state index in [9.17, 15) is 0 Å². The molecule has 0 aliphatic heterocycles. The molecule has 0 bridgehead atoms. The van der Waals surface area contributed by atoms with E-state index >= 15 is 0 Å². The van der Waals surface area contributed by atoms with E-state index in [1.165, 1.54) is 5.56 Å². The molecule has 102 valence electrons. The third-order valence-electron chi connectivity index (χ3n) is 3.73. The molecule has 0 atom stereocenters. The van der Waals surface area contributed by atoms with Gasteiger partial charge in [-0.3, -0.25) is 0 Å². The Bertz CT molecular complexity index is 787. The smallest absolute Gasteiger partial charge is 0.227 e. The number of aromatic nitrogens is 1. The molecule has 3 rings (SSSR count). The van der Waals surface area contributed by atoms with Crippen molar-refractivity contribution < 1.29 is 9.15 Å². The Labute approximate surface area is 118 Å². The SMILES string of the molecule is COc1ccc(-c2nc3cc(C)ccc3o2)c(C)c1C. The van der Waals surface area contributed by atoms with Gasteiger partial charge in [-0.15, -0.1) is 0 Å². The second kappa shape index (κ2) is 4.67. The maximum absolute atomic E-state index is 5.87. The van der Waals surface area contributed by atoms with Crippen LogP contribution in [0.5, 0.6) is 5.75 Å². The number of ether oxygens (including phenoxy) is 1. The largest absolute Gasteiger partial charge is 0.496 e. The highest BCUT2D eigenvalue weighted by atomic mass is 16.5. The maximum atomic E-state index is 5.87. The van der Waals surface area contributed by atoms with Gasteiger partial charge in [-0.2, -0.15) is 0 Å². The number of nitrogens with zero attached hydrogens (tertiary/aromatic N) is 1. The summed E-state index contributed by atoms with van der Waals surface area (Å²) >= 11 is 0. The molecule has 0 aliphatic rings. The molecule has 3 heteroatoms. The van der Waals surface area contributed by atoms with Crippen LogP contribution in [0.4, 0.5) is 0 Å². The molecule has 3 nitrogen and oxygen atoms in total. The predicted molar refractivity (Wildman–Crippen MR) is 80.2 cm³/mol. The van der Waals surface area contributed by atoms with E-state index in [2.05, 4.69) is 18.8 Å². The van der Waals surface area contributed by atoms with Gasteiger partial charge in [0.05, 0.1) is 7.11 Å². The van der Waals surface area contributed by atoms with Crippen molar-refractivity contribution in [3.63, 3.8) is 0 Å². The second-order valence-electron chi connectivity index (χ2n) is 5.06. The van der Waals surface area contributed by atoms with Crippen molar-refractivity contribution in [3.05, 3.63) is 47.0 Å². The third kappa shape index (κ3) is 1.95. The number of hydrogen-bond donors (Lipinski definition) is 0. The van der Waals surface area contributed by atoms with Crippen molar-refractivity contribution in [1.29, 1.82) is 0 Å². The van der Waals surface area contributed by atoms with Crippen LogP contribution >= 0.6 is 0 Å². The van der Waals surface area contributed by atoms with Gasteiger partial charge < -0.3 is 9.15 Å². The highest BCUT2D eigenvalue weighted by Crippen LogP contribution is 2.32. The number of hydrogen-bond acceptors (Lipinski definition) is 3. The third-order valence-corrected chi connectivity index (χ3v) is 3.73. The number of rotatable bonds is 2. The van der Waals surface area contributed by atoms with Crippen molar-refractivity contribution in [3.8, 4) is 17.2 Å².